The SMILES string of the molecule is C=C(CO)C1(C2(C)CC(O)C3C(CCC4=CC(=O)C=CC43C)C2C)COC(CCC)O1. The fourth-order valence-corrected chi connectivity index (χ4v) is 7.25. The summed E-state index contributed by atoms with van der Waals surface area (Å²) in [5.41, 5.74) is 0.236. The lowest BCUT2D eigenvalue weighted by Gasteiger charge is -2.62. The Labute approximate surface area is 186 Å². The number of carbonyl (C=O) groups excluding carboxylic acids is 1. The first-order valence-electron chi connectivity index (χ1n) is 11.8. The number of hydrogen-bond donors (Lipinski definition) is 2. The molecule has 8 atom stereocenters. The average Bonchev–Trinajstić information content (AvgIpc) is 3.17. The summed E-state index contributed by atoms with van der Waals surface area (Å²) in [6.45, 7) is 13.1. The van der Waals surface area contributed by atoms with E-state index in [0.717, 1.165) is 31.3 Å². The van der Waals surface area contributed by atoms with Gasteiger partial charge in [0, 0.05) is 16.7 Å². The van der Waals surface area contributed by atoms with E-state index < -0.39 is 17.1 Å². The molecule has 3 fully saturated rings. The molecule has 4 rings (SSSR count). The number of rotatable bonds is 5. The molecule has 0 aromatic carbocycles. The van der Waals surface area contributed by atoms with E-state index in [-0.39, 0.29) is 41.8 Å². The Kier molecular flexibility index (Phi) is 5.87. The van der Waals surface area contributed by atoms with Crippen molar-refractivity contribution in [1.29, 1.82) is 0 Å². The maximum absolute atomic E-state index is 12.0. The van der Waals surface area contributed by atoms with Crippen molar-refractivity contribution in [3.8, 4) is 0 Å². The lowest BCUT2D eigenvalue weighted by Crippen LogP contribution is -2.63. The monoisotopic (exact) mass is 430 g/mol. The molecule has 172 valence electrons. The molecular weight excluding hydrogens is 392 g/mol. The van der Waals surface area contributed by atoms with Gasteiger partial charge in [0.15, 0.2) is 12.1 Å². The number of carbonyl (C=O) groups is 1. The first kappa shape index (κ1) is 22.9. The smallest absolute Gasteiger partial charge is 0.178 e. The molecule has 0 radical (unpaired) electrons. The van der Waals surface area contributed by atoms with Crippen LogP contribution in [0.4, 0.5) is 0 Å². The molecule has 2 saturated carbocycles. The van der Waals surface area contributed by atoms with Crippen molar-refractivity contribution in [3.63, 3.8) is 0 Å². The standard InChI is InChI=1S/C26H38O5/c1-6-7-22-30-15-26(31-22,16(2)14-27)25(5)13-21(29)23-20(17(25)3)9-8-18-12-19(28)10-11-24(18,23)4/h10-12,17,20-23,27,29H,2,6-9,13-15H2,1,3-5H3. The number of aliphatic hydroxyl groups excluding tert-OH is 2. The molecule has 0 aromatic heterocycles. The molecule has 1 aliphatic heterocycles. The zero-order valence-electron chi connectivity index (χ0n) is 19.4. The minimum Gasteiger partial charge on any atom is -0.393 e. The van der Waals surface area contributed by atoms with Gasteiger partial charge in [-0.3, -0.25) is 4.79 Å². The number of aliphatic hydroxyl groups is 2. The largest absolute Gasteiger partial charge is 0.393 e. The fraction of sp³-hybridized carbons (Fsp3) is 0.731. The van der Waals surface area contributed by atoms with Crippen LogP contribution >= 0.6 is 0 Å². The highest BCUT2D eigenvalue weighted by atomic mass is 16.7. The third-order valence-electron chi connectivity index (χ3n) is 9.21. The predicted molar refractivity (Wildman–Crippen MR) is 119 cm³/mol. The van der Waals surface area contributed by atoms with Crippen LogP contribution in [0.25, 0.3) is 0 Å². The average molecular weight is 431 g/mol. The van der Waals surface area contributed by atoms with Gasteiger partial charge in [-0.2, -0.15) is 0 Å². The second kappa shape index (κ2) is 7.95. The third-order valence-corrected chi connectivity index (χ3v) is 9.21. The zero-order valence-corrected chi connectivity index (χ0v) is 19.4. The number of hydrogen-bond acceptors (Lipinski definition) is 5. The van der Waals surface area contributed by atoms with Crippen molar-refractivity contribution in [1.82, 2.24) is 0 Å². The van der Waals surface area contributed by atoms with Crippen molar-refractivity contribution in [2.75, 3.05) is 13.2 Å². The van der Waals surface area contributed by atoms with E-state index in [1.165, 1.54) is 0 Å². The molecule has 2 N–H and O–H groups in total. The van der Waals surface area contributed by atoms with Crippen LogP contribution in [0.2, 0.25) is 0 Å². The van der Waals surface area contributed by atoms with Crippen molar-refractivity contribution < 1.29 is 24.5 Å². The van der Waals surface area contributed by atoms with E-state index in [2.05, 4.69) is 34.3 Å². The second-order valence-corrected chi connectivity index (χ2v) is 10.6. The van der Waals surface area contributed by atoms with E-state index in [9.17, 15) is 15.0 Å². The normalized spacial score (nSPS) is 47.0. The molecule has 1 heterocycles. The highest BCUT2D eigenvalue weighted by molar-refractivity contribution is 6.01. The van der Waals surface area contributed by atoms with Crippen molar-refractivity contribution in [2.24, 2.45) is 28.6 Å². The van der Waals surface area contributed by atoms with Crippen molar-refractivity contribution >= 4 is 5.78 Å². The maximum atomic E-state index is 12.0. The molecule has 1 saturated heterocycles. The van der Waals surface area contributed by atoms with Crippen LogP contribution in [0.1, 0.15) is 59.8 Å². The minimum absolute atomic E-state index is 0.0470. The van der Waals surface area contributed by atoms with Gasteiger partial charge in [-0.05, 0) is 55.2 Å². The van der Waals surface area contributed by atoms with Crippen LogP contribution in [-0.4, -0.2) is 47.2 Å². The molecule has 31 heavy (non-hydrogen) atoms. The van der Waals surface area contributed by atoms with Gasteiger partial charge >= 0.3 is 0 Å². The molecule has 3 aliphatic carbocycles. The van der Waals surface area contributed by atoms with Crippen LogP contribution < -0.4 is 0 Å². The van der Waals surface area contributed by atoms with Gasteiger partial charge < -0.3 is 19.7 Å². The van der Waals surface area contributed by atoms with Gasteiger partial charge in [0.2, 0.25) is 0 Å². The Morgan fingerprint density at radius 3 is 2.77 bits per heavy atom. The molecule has 0 spiro atoms. The minimum atomic E-state index is -0.817. The van der Waals surface area contributed by atoms with Crippen LogP contribution in [0, 0.1) is 28.6 Å². The molecular formula is C26H38O5. The highest BCUT2D eigenvalue weighted by Crippen LogP contribution is 2.64. The van der Waals surface area contributed by atoms with E-state index in [1.54, 1.807) is 12.2 Å². The molecule has 4 aliphatic rings. The van der Waals surface area contributed by atoms with Gasteiger partial charge in [-0.1, -0.05) is 52.3 Å². The Morgan fingerprint density at radius 1 is 1.35 bits per heavy atom. The summed E-state index contributed by atoms with van der Waals surface area (Å²) < 4.78 is 12.6. The highest BCUT2D eigenvalue weighted by Gasteiger charge is 2.65. The Morgan fingerprint density at radius 2 is 2.10 bits per heavy atom. The molecule has 5 nitrogen and oxygen atoms in total. The summed E-state index contributed by atoms with van der Waals surface area (Å²) in [4.78, 5) is 12.0. The Balaban J connectivity index is 1.72. The van der Waals surface area contributed by atoms with Gasteiger partial charge in [0.1, 0.15) is 5.60 Å². The van der Waals surface area contributed by atoms with Gasteiger partial charge in [0.05, 0.1) is 19.3 Å². The number of fused-ring (bicyclic) bond motifs is 3. The molecule has 0 bridgehead atoms. The van der Waals surface area contributed by atoms with Crippen molar-refractivity contribution in [2.45, 2.75) is 77.8 Å². The maximum Gasteiger partial charge on any atom is 0.178 e. The van der Waals surface area contributed by atoms with Crippen LogP contribution in [0.15, 0.2) is 36.0 Å². The van der Waals surface area contributed by atoms with Crippen molar-refractivity contribution in [3.05, 3.63) is 36.0 Å². The van der Waals surface area contributed by atoms with E-state index >= 15 is 0 Å². The predicted octanol–water partition coefficient (Wildman–Crippen LogP) is 3.95. The van der Waals surface area contributed by atoms with Gasteiger partial charge in [-0.15, -0.1) is 0 Å². The summed E-state index contributed by atoms with van der Waals surface area (Å²) in [6, 6.07) is 0. The fourth-order valence-electron chi connectivity index (χ4n) is 7.25. The van der Waals surface area contributed by atoms with E-state index in [1.807, 2.05) is 6.08 Å². The Bertz CT molecular complexity index is 815. The first-order valence-corrected chi connectivity index (χ1v) is 11.8. The topological polar surface area (TPSA) is 76.0 Å². The molecule has 5 heteroatoms. The summed E-state index contributed by atoms with van der Waals surface area (Å²) in [5.74, 6) is 0.586. The van der Waals surface area contributed by atoms with Crippen LogP contribution in [-0.2, 0) is 14.3 Å². The number of ketones is 1. The number of ether oxygens (including phenoxy) is 2. The lowest BCUT2D eigenvalue weighted by molar-refractivity contribution is -0.193. The third kappa shape index (κ3) is 3.23. The second-order valence-electron chi connectivity index (χ2n) is 10.6. The zero-order chi connectivity index (χ0) is 22.6. The molecule has 0 amide bonds. The first-order chi connectivity index (χ1) is 14.6. The lowest BCUT2D eigenvalue weighted by atomic mass is 9.44. The molecule has 8 unspecified atom stereocenters. The van der Waals surface area contributed by atoms with Gasteiger partial charge in [0.25, 0.3) is 0 Å². The quantitative estimate of drug-likeness (QED) is 0.646. The van der Waals surface area contributed by atoms with Crippen LogP contribution in [0.5, 0.6) is 0 Å². The summed E-state index contributed by atoms with van der Waals surface area (Å²) >= 11 is 0. The summed E-state index contributed by atoms with van der Waals surface area (Å²) in [6.07, 6.45) is 8.69. The van der Waals surface area contributed by atoms with E-state index in [4.69, 9.17) is 9.47 Å². The Hall–Kier alpha value is -1.27. The van der Waals surface area contributed by atoms with Crippen LogP contribution in [0.3, 0.4) is 0 Å². The van der Waals surface area contributed by atoms with Gasteiger partial charge in [-0.25, -0.2) is 0 Å². The van der Waals surface area contributed by atoms with E-state index in [0.29, 0.717) is 18.6 Å². The molecule has 0 aromatic rings. The summed E-state index contributed by atoms with van der Waals surface area (Å²) in [5, 5.41) is 21.7. The summed E-state index contributed by atoms with van der Waals surface area (Å²) in [7, 11) is 0. The number of allylic oxidation sites excluding steroid dienone is 4.